The van der Waals surface area contributed by atoms with Crippen LogP contribution in [0.2, 0.25) is 0 Å². The molecular weight excluding hydrogens is 218 g/mol. The Hall–Kier alpha value is -2.43. The van der Waals surface area contributed by atoms with Crippen LogP contribution in [-0.2, 0) is 0 Å². The van der Waals surface area contributed by atoms with Crippen molar-refractivity contribution in [1.29, 1.82) is 0 Å². The highest BCUT2D eigenvalue weighted by molar-refractivity contribution is 5.85. The second-order valence-electron chi connectivity index (χ2n) is 3.55. The number of carboxylic acid groups (broad SMARTS) is 1. The maximum absolute atomic E-state index is 10.6. The van der Waals surface area contributed by atoms with Crippen LogP contribution in [-0.4, -0.2) is 21.0 Å². The summed E-state index contributed by atoms with van der Waals surface area (Å²) in [6, 6.07) is 6.90. The Morgan fingerprint density at radius 3 is 2.24 bits per heavy atom. The number of carbonyl (C=O) groups is 1. The zero-order valence-corrected chi connectivity index (χ0v) is 9.21. The summed E-state index contributed by atoms with van der Waals surface area (Å²) in [5.74, 6) is -1.03. The molecule has 2 rings (SSSR count). The van der Waals surface area contributed by atoms with E-state index in [2.05, 4.69) is 15.3 Å². The molecule has 86 valence electrons. The number of nitrogens with zero attached hydrogens (tertiary/aromatic N) is 2. The van der Waals surface area contributed by atoms with E-state index in [9.17, 15) is 4.79 Å². The van der Waals surface area contributed by atoms with Gasteiger partial charge in [-0.1, -0.05) is 0 Å². The molecule has 2 N–H and O–H groups in total. The molecule has 0 atom stereocenters. The van der Waals surface area contributed by atoms with Crippen molar-refractivity contribution in [2.75, 3.05) is 5.32 Å². The Kier molecular flexibility index (Phi) is 3.00. The second-order valence-corrected chi connectivity index (χ2v) is 3.55. The third-order valence-corrected chi connectivity index (χ3v) is 2.18. The molecule has 0 aromatic carbocycles. The highest BCUT2D eigenvalue weighted by atomic mass is 16.4. The zero-order chi connectivity index (χ0) is 12.3. The average Bonchev–Trinajstić information content (AvgIpc) is 2.33. The number of anilines is 2. The van der Waals surface area contributed by atoms with Crippen LogP contribution >= 0.6 is 0 Å². The molecule has 17 heavy (non-hydrogen) atoms. The van der Waals surface area contributed by atoms with Crippen molar-refractivity contribution >= 4 is 17.3 Å². The van der Waals surface area contributed by atoms with Crippen LogP contribution in [0.25, 0.3) is 0 Å². The van der Waals surface area contributed by atoms with Crippen LogP contribution in [0.15, 0.2) is 36.7 Å². The molecule has 2 aromatic heterocycles. The van der Waals surface area contributed by atoms with Gasteiger partial charge in [0, 0.05) is 5.69 Å². The van der Waals surface area contributed by atoms with E-state index in [1.807, 2.05) is 19.1 Å². The van der Waals surface area contributed by atoms with E-state index in [0.717, 1.165) is 17.1 Å². The van der Waals surface area contributed by atoms with E-state index in [-0.39, 0.29) is 5.69 Å². The first-order valence-electron chi connectivity index (χ1n) is 5.04. The van der Waals surface area contributed by atoms with Crippen molar-refractivity contribution in [2.24, 2.45) is 0 Å². The third-order valence-electron chi connectivity index (χ3n) is 2.18. The lowest BCUT2D eigenvalue weighted by Crippen LogP contribution is -2.00. The highest BCUT2D eigenvalue weighted by Gasteiger charge is 2.03. The fourth-order valence-corrected chi connectivity index (χ4v) is 1.30. The topological polar surface area (TPSA) is 75.1 Å². The van der Waals surface area contributed by atoms with Crippen LogP contribution in [0.3, 0.4) is 0 Å². The second kappa shape index (κ2) is 4.61. The minimum Gasteiger partial charge on any atom is -0.477 e. The monoisotopic (exact) mass is 229 g/mol. The maximum atomic E-state index is 10.6. The molecule has 5 nitrogen and oxygen atoms in total. The van der Waals surface area contributed by atoms with Gasteiger partial charge in [-0.3, -0.25) is 4.98 Å². The van der Waals surface area contributed by atoms with Crippen LogP contribution in [0.1, 0.15) is 16.2 Å². The van der Waals surface area contributed by atoms with E-state index in [0.29, 0.717) is 0 Å². The molecule has 0 saturated heterocycles. The SMILES string of the molecule is Cc1ccc(Nc2ccc(C(=O)O)nc2)cn1. The van der Waals surface area contributed by atoms with E-state index in [4.69, 9.17) is 5.11 Å². The highest BCUT2D eigenvalue weighted by Crippen LogP contribution is 2.14. The Morgan fingerprint density at radius 2 is 1.76 bits per heavy atom. The first-order chi connectivity index (χ1) is 8.15. The molecule has 0 fully saturated rings. The summed E-state index contributed by atoms with van der Waals surface area (Å²) in [7, 11) is 0. The first kappa shape index (κ1) is 11.1. The largest absolute Gasteiger partial charge is 0.477 e. The normalized spacial score (nSPS) is 9.94. The number of nitrogens with one attached hydrogen (secondary N) is 1. The molecule has 5 heteroatoms. The minimum atomic E-state index is -1.03. The van der Waals surface area contributed by atoms with Gasteiger partial charge in [0.15, 0.2) is 0 Å². The molecule has 0 aliphatic carbocycles. The number of aromatic nitrogens is 2. The minimum absolute atomic E-state index is 0.0255. The van der Waals surface area contributed by atoms with Gasteiger partial charge in [-0.05, 0) is 31.2 Å². The standard InChI is InChI=1S/C12H11N3O2/c1-8-2-3-9(6-13-8)15-10-4-5-11(12(16)17)14-7-10/h2-7,15H,1H3,(H,16,17). The van der Waals surface area contributed by atoms with Gasteiger partial charge in [0.05, 0.1) is 23.8 Å². The van der Waals surface area contributed by atoms with Crippen LogP contribution < -0.4 is 5.32 Å². The number of aryl methyl sites for hydroxylation is 1. The van der Waals surface area contributed by atoms with Crippen molar-refractivity contribution in [2.45, 2.75) is 6.92 Å². The van der Waals surface area contributed by atoms with Gasteiger partial charge >= 0.3 is 5.97 Å². The van der Waals surface area contributed by atoms with Crippen LogP contribution in [0.4, 0.5) is 11.4 Å². The lowest BCUT2D eigenvalue weighted by Gasteiger charge is -2.05. The van der Waals surface area contributed by atoms with Gasteiger partial charge < -0.3 is 10.4 Å². The van der Waals surface area contributed by atoms with Gasteiger partial charge in [0.1, 0.15) is 5.69 Å². The van der Waals surface area contributed by atoms with Crippen LogP contribution in [0, 0.1) is 6.92 Å². The first-order valence-corrected chi connectivity index (χ1v) is 5.04. The van der Waals surface area contributed by atoms with Gasteiger partial charge in [0.2, 0.25) is 0 Å². The van der Waals surface area contributed by atoms with Crippen molar-refractivity contribution in [3.8, 4) is 0 Å². The number of hydrogen-bond acceptors (Lipinski definition) is 4. The van der Waals surface area contributed by atoms with Crippen molar-refractivity contribution < 1.29 is 9.90 Å². The summed E-state index contributed by atoms with van der Waals surface area (Å²) >= 11 is 0. The molecule has 2 heterocycles. The van der Waals surface area contributed by atoms with Crippen LogP contribution in [0.5, 0.6) is 0 Å². The quantitative estimate of drug-likeness (QED) is 0.844. The summed E-state index contributed by atoms with van der Waals surface area (Å²) in [5, 5.41) is 11.8. The summed E-state index contributed by atoms with van der Waals surface area (Å²) < 4.78 is 0. The molecule has 0 unspecified atom stereocenters. The van der Waals surface area contributed by atoms with E-state index in [1.54, 1.807) is 12.3 Å². The summed E-state index contributed by atoms with van der Waals surface area (Å²) in [6.07, 6.45) is 3.18. The average molecular weight is 229 g/mol. The predicted octanol–water partition coefficient (Wildman–Crippen LogP) is 2.23. The number of rotatable bonds is 3. The Labute approximate surface area is 98.2 Å². The third kappa shape index (κ3) is 2.78. The number of hydrogen-bond donors (Lipinski definition) is 2. The van der Waals surface area contributed by atoms with Crippen molar-refractivity contribution in [3.05, 3.63) is 48.0 Å². The fourth-order valence-electron chi connectivity index (χ4n) is 1.30. The Bertz CT molecular complexity index is 520. The molecule has 0 aliphatic rings. The lowest BCUT2D eigenvalue weighted by molar-refractivity contribution is 0.0690. The summed E-state index contributed by atoms with van der Waals surface area (Å²) in [4.78, 5) is 18.6. The fraction of sp³-hybridized carbons (Fsp3) is 0.0833. The predicted molar refractivity (Wildman–Crippen MR) is 63.5 cm³/mol. The number of aromatic carboxylic acids is 1. The molecule has 0 spiro atoms. The van der Waals surface area contributed by atoms with E-state index in [1.165, 1.54) is 12.3 Å². The van der Waals surface area contributed by atoms with Crippen molar-refractivity contribution in [1.82, 2.24) is 9.97 Å². The smallest absolute Gasteiger partial charge is 0.354 e. The van der Waals surface area contributed by atoms with E-state index < -0.39 is 5.97 Å². The maximum Gasteiger partial charge on any atom is 0.354 e. The summed E-state index contributed by atoms with van der Waals surface area (Å²) in [5.41, 5.74) is 2.52. The molecule has 0 bridgehead atoms. The molecule has 0 saturated carbocycles. The Balaban J connectivity index is 2.13. The lowest BCUT2D eigenvalue weighted by atomic mass is 10.3. The van der Waals surface area contributed by atoms with Gasteiger partial charge in [-0.2, -0.15) is 0 Å². The van der Waals surface area contributed by atoms with Gasteiger partial charge in [-0.25, -0.2) is 9.78 Å². The summed E-state index contributed by atoms with van der Waals surface area (Å²) in [6.45, 7) is 1.91. The molecule has 0 aliphatic heterocycles. The van der Waals surface area contributed by atoms with Crippen molar-refractivity contribution in [3.63, 3.8) is 0 Å². The Morgan fingerprint density at radius 1 is 1.12 bits per heavy atom. The van der Waals surface area contributed by atoms with Gasteiger partial charge in [-0.15, -0.1) is 0 Å². The molecular formula is C12H11N3O2. The van der Waals surface area contributed by atoms with Gasteiger partial charge in [0.25, 0.3) is 0 Å². The van der Waals surface area contributed by atoms with E-state index >= 15 is 0 Å². The molecule has 2 aromatic rings. The molecule has 0 amide bonds. The number of carboxylic acids is 1. The number of pyridine rings is 2. The zero-order valence-electron chi connectivity index (χ0n) is 9.21. The molecule has 0 radical (unpaired) electrons.